The van der Waals surface area contributed by atoms with Crippen LogP contribution >= 0.6 is 11.6 Å². The van der Waals surface area contributed by atoms with Crippen molar-refractivity contribution >= 4 is 17.5 Å². The van der Waals surface area contributed by atoms with Gasteiger partial charge in [0.1, 0.15) is 5.88 Å². The molecule has 0 radical (unpaired) electrons. The molecule has 19 heavy (non-hydrogen) atoms. The molecule has 0 bridgehead atoms. The first kappa shape index (κ1) is 14.4. The first-order valence-electron chi connectivity index (χ1n) is 6.78. The van der Waals surface area contributed by atoms with Crippen LogP contribution in [0.15, 0.2) is 30.3 Å². The van der Waals surface area contributed by atoms with Crippen molar-refractivity contribution in [1.29, 1.82) is 0 Å². The van der Waals surface area contributed by atoms with Gasteiger partial charge in [-0.3, -0.25) is 9.69 Å². The van der Waals surface area contributed by atoms with Crippen molar-refractivity contribution < 1.29 is 4.79 Å². The number of halogens is 1. The lowest BCUT2D eigenvalue weighted by Gasteiger charge is -2.37. The largest absolute Gasteiger partial charge is 0.340 e. The Balaban J connectivity index is 1.92. The number of nitrogens with zero attached hydrogens (tertiary/aromatic N) is 2. The van der Waals surface area contributed by atoms with Crippen LogP contribution in [0.3, 0.4) is 0 Å². The molecule has 1 aromatic carbocycles. The third-order valence-corrected chi connectivity index (χ3v) is 4.01. The van der Waals surface area contributed by atoms with Gasteiger partial charge in [0.25, 0.3) is 0 Å². The standard InChI is InChI=1S/C15H21ClN2O/c1-17(15(19)10-16)14-8-5-9-18(12-14)11-13-6-3-2-4-7-13/h2-4,6-7,14H,5,8-12H2,1H3/t14-/m1/s1. The minimum absolute atomic E-state index is 0.0215. The third kappa shape index (κ3) is 3.95. The van der Waals surface area contributed by atoms with E-state index in [1.165, 1.54) is 5.56 Å². The van der Waals surface area contributed by atoms with Crippen LogP contribution in [0.25, 0.3) is 0 Å². The van der Waals surface area contributed by atoms with Gasteiger partial charge in [0.2, 0.25) is 5.91 Å². The number of carbonyl (C=O) groups is 1. The van der Waals surface area contributed by atoms with Gasteiger partial charge >= 0.3 is 0 Å². The Labute approximate surface area is 120 Å². The summed E-state index contributed by atoms with van der Waals surface area (Å²) in [4.78, 5) is 15.9. The number of rotatable bonds is 4. The van der Waals surface area contributed by atoms with Crippen molar-refractivity contribution in [2.45, 2.75) is 25.4 Å². The summed E-state index contributed by atoms with van der Waals surface area (Å²) in [7, 11) is 1.86. The van der Waals surface area contributed by atoms with Gasteiger partial charge in [-0.15, -0.1) is 11.6 Å². The highest BCUT2D eigenvalue weighted by molar-refractivity contribution is 6.27. The summed E-state index contributed by atoms with van der Waals surface area (Å²) in [6.45, 7) is 3.00. The van der Waals surface area contributed by atoms with E-state index in [4.69, 9.17) is 11.6 Å². The minimum Gasteiger partial charge on any atom is -0.340 e. The number of likely N-dealkylation sites (N-methyl/N-ethyl adjacent to an activating group) is 1. The Bertz CT molecular complexity index is 410. The van der Waals surface area contributed by atoms with Crippen molar-refractivity contribution in [2.24, 2.45) is 0 Å². The fraction of sp³-hybridized carbons (Fsp3) is 0.533. The van der Waals surface area contributed by atoms with E-state index in [0.717, 1.165) is 32.5 Å². The molecule has 1 aliphatic heterocycles. The molecule has 1 aromatic rings. The predicted octanol–water partition coefficient (Wildman–Crippen LogP) is 2.35. The summed E-state index contributed by atoms with van der Waals surface area (Å²) in [5, 5.41) is 0. The second-order valence-electron chi connectivity index (χ2n) is 5.16. The van der Waals surface area contributed by atoms with Crippen LogP contribution in [-0.4, -0.2) is 47.8 Å². The second kappa shape index (κ2) is 6.92. The minimum atomic E-state index is 0.0215. The number of carbonyl (C=O) groups excluding carboxylic acids is 1. The number of piperidine rings is 1. The molecule has 0 saturated carbocycles. The molecule has 0 N–H and O–H groups in total. The van der Waals surface area contributed by atoms with Gasteiger partial charge in [0, 0.05) is 26.2 Å². The Kier molecular flexibility index (Phi) is 5.23. The number of hydrogen-bond donors (Lipinski definition) is 0. The van der Waals surface area contributed by atoms with Crippen molar-refractivity contribution in [2.75, 3.05) is 26.0 Å². The maximum absolute atomic E-state index is 11.7. The van der Waals surface area contributed by atoms with Gasteiger partial charge in [-0.1, -0.05) is 30.3 Å². The molecule has 1 aliphatic rings. The van der Waals surface area contributed by atoms with Crippen LogP contribution in [0.4, 0.5) is 0 Å². The smallest absolute Gasteiger partial charge is 0.237 e. The SMILES string of the molecule is CN(C(=O)CCl)[C@@H]1CCCN(Cc2ccccc2)C1. The summed E-state index contributed by atoms with van der Waals surface area (Å²) in [5.74, 6) is 0.0966. The molecule has 1 atom stereocenters. The summed E-state index contributed by atoms with van der Waals surface area (Å²) >= 11 is 5.63. The fourth-order valence-electron chi connectivity index (χ4n) is 2.63. The Morgan fingerprint density at radius 1 is 1.42 bits per heavy atom. The summed E-state index contributed by atoms with van der Waals surface area (Å²) < 4.78 is 0. The number of likely N-dealkylation sites (tertiary alicyclic amines) is 1. The summed E-state index contributed by atoms with van der Waals surface area (Å²) in [6.07, 6.45) is 2.21. The van der Waals surface area contributed by atoms with Crippen LogP contribution in [0, 0.1) is 0 Å². The molecule has 0 spiro atoms. The van der Waals surface area contributed by atoms with Gasteiger partial charge in [0.05, 0.1) is 0 Å². The first-order chi connectivity index (χ1) is 9.20. The monoisotopic (exact) mass is 280 g/mol. The molecule has 1 heterocycles. The molecule has 2 rings (SSSR count). The van der Waals surface area contributed by atoms with E-state index < -0.39 is 0 Å². The Hall–Kier alpha value is -1.06. The molecule has 0 aliphatic carbocycles. The summed E-state index contributed by atoms with van der Waals surface area (Å²) in [6, 6.07) is 10.8. The molecule has 0 aromatic heterocycles. The quantitative estimate of drug-likeness (QED) is 0.791. The molecule has 4 heteroatoms. The van der Waals surface area contributed by atoms with E-state index in [-0.39, 0.29) is 11.8 Å². The molecule has 1 amide bonds. The van der Waals surface area contributed by atoms with Crippen LogP contribution in [-0.2, 0) is 11.3 Å². The lowest BCUT2D eigenvalue weighted by atomic mass is 10.0. The van der Waals surface area contributed by atoms with Gasteiger partial charge < -0.3 is 4.90 Å². The number of alkyl halides is 1. The van der Waals surface area contributed by atoms with Crippen molar-refractivity contribution in [3.63, 3.8) is 0 Å². The van der Waals surface area contributed by atoms with Gasteiger partial charge in [-0.25, -0.2) is 0 Å². The maximum Gasteiger partial charge on any atom is 0.237 e. The lowest BCUT2D eigenvalue weighted by Crippen LogP contribution is -2.48. The highest BCUT2D eigenvalue weighted by atomic mass is 35.5. The van der Waals surface area contributed by atoms with Crippen LogP contribution in [0.2, 0.25) is 0 Å². The van der Waals surface area contributed by atoms with E-state index in [9.17, 15) is 4.79 Å². The maximum atomic E-state index is 11.7. The van der Waals surface area contributed by atoms with Crippen molar-refractivity contribution in [3.05, 3.63) is 35.9 Å². The van der Waals surface area contributed by atoms with Gasteiger partial charge in [-0.05, 0) is 24.9 Å². The molecular formula is C15H21ClN2O. The van der Waals surface area contributed by atoms with Gasteiger partial charge in [-0.2, -0.15) is 0 Å². The number of amides is 1. The normalized spacial score (nSPS) is 20.2. The van der Waals surface area contributed by atoms with Crippen molar-refractivity contribution in [1.82, 2.24) is 9.80 Å². The highest BCUT2D eigenvalue weighted by Gasteiger charge is 2.25. The zero-order chi connectivity index (χ0) is 13.7. The number of benzene rings is 1. The second-order valence-corrected chi connectivity index (χ2v) is 5.42. The topological polar surface area (TPSA) is 23.6 Å². The third-order valence-electron chi connectivity index (χ3n) is 3.79. The van der Waals surface area contributed by atoms with E-state index in [1.54, 1.807) is 0 Å². The lowest BCUT2D eigenvalue weighted by molar-refractivity contribution is -0.130. The van der Waals surface area contributed by atoms with Crippen LogP contribution < -0.4 is 0 Å². The highest BCUT2D eigenvalue weighted by Crippen LogP contribution is 2.17. The molecule has 1 saturated heterocycles. The van der Waals surface area contributed by atoms with E-state index in [2.05, 4.69) is 29.2 Å². The van der Waals surface area contributed by atoms with Crippen LogP contribution in [0.5, 0.6) is 0 Å². The van der Waals surface area contributed by atoms with E-state index in [0.29, 0.717) is 6.04 Å². The Morgan fingerprint density at radius 2 is 2.16 bits per heavy atom. The van der Waals surface area contributed by atoms with E-state index >= 15 is 0 Å². The molecular weight excluding hydrogens is 260 g/mol. The molecule has 3 nitrogen and oxygen atoms in total. The van der Waals surface area contributed by atoms with Crippen molar-refractivity contribution in [3.8, 4) is 0 Å². The molecule has 0 unspecified atom stereocenters. The fourth-order valence-corrected chi connectivity index (χ4v) is 2.82. The zero-order valence-corrected chi connectivity index (χ0v) is 12.1. The zero-order valence-electron chi connectivity index (χ0n) is 11.4. The van der Waals surface area contributed by atoms with Gasteiger partial charge in [0.15, 0.2) is 0 Å². The van der Waals surface area contributed by atoms with E-state index in [1.807, 2.05) is 18.0 Å². The predicted molar refractivity (Wildman–Crippen MR) is 78.2 cm³/mol. The average Bonchev–Trinajstić information content (AvgIpc) is 2.47. The van der Waals surface area contributed by atoms with Crippen LogP contribution in [0.1, 0.15) is 18.4 Å². The molecule has 104 valence electrons. The summed E-state index contributed by atoms with van der Waals surface area (Å²) in [5.41, 5.74) is 1.33. The molecule has 1 fully saturated rings. The Morgan fingerprint density at radius 3 is 2.84 bits per heavy atom. The first-order valence-corrected chi connectivity index (χ1v) is 7.32. The average molecular weight is 281 g/mol. The number of hydrogen-bond acceptors (Lipinski definition) is 2.